The minimum Gasteiger partial charge on any atom is -0.356 e. The van der Waals surface area contributed by atoms with E-state index < -0.39 is 0 Å². The monoisotopic (exact) mass is 511 g/mol. The van der Waals surface area contributed by atoms with E-state index in [1.807, 2.05) is 24.1 Å². The molecule has 12 nitrogen and oxygen atoms in total. The van der Waals surface area contributed by atoms with Crippen LogP contribution < -0.4 is 21.3 Å². The highest BCUT2D eigenvalue weighted by Gasteiger charge is 2.32. The zero-order valence-corrected chi connectivity index (χ0v) is 21.7. The van der Waals surface area contributed by atoms with E-state index in [1.165, 1.54) is 10.9 Å². The summed E-state index contributed by atoms with van der Waals surface area (Å²) in [5.74, 6) is 0.786. The molecule has 2 aromatic heterocycles. The molecule has 0 bridgehead atoms. The summed E-state index contributed by atoms with van der Waals surface area (Å²) in [5.41, 5.74) is 5.93. The van der Waals surface area contributed by atoms with Gasteiger partial charge in [-0.15, -0.1) is 0 Å². The molecule has 0 radical (unpaired) electrons. The van der Waals surface area contributed by atoms with Gasteiger partial charge in [-0.3, -0.25) is 14.2 Å². The summed E-state index contributed by atoms with van der Waals surface area (Å²) in [7, 11) is 1.93. The summed E-state index contributed by atoms with van der Waals surface area (Å²) >= 11 is 0. The van der Waals surface area contributed by atoms with Gasteiger partial charge in [0.15, 0.2) is 5.65 Å². The molecule has 37 heavy (non-hydrogen) atoms. The van der Waals surface area contributed by atoms with Gasteiger partial charge in [-0.2, -0.15) is 5.26 Å². The molecular weight excluding hydrogens is 474 g/mol. The lowest BCUT2D eigenvalue weighted by atomic mass is 9.92. The van der Waals surface area contributed by atoms with Gasteiger partial charge in [-0.05, 0) is 44.2 Å². The minimum atomic E-state index is -0.329. The molecular formula is C25H37N9O3. The number of nitrogens with zero attached hydrogens (tertiary/aromatic N) is 6. The van der Waals surface area contributed by atoms with Gasteiger partial charge in [-0.25, -0.2) is 14.8 Å². The number of nitrogens with two attached hydrogens (primary N) is 1. The molecule has 0 unspecified atom stereocenters. The number of carbonyl (C=O) groups excluding carboxylic acids is 3. The van der Waals surface area contributed by atoms with E-state index in [-0.39, 0.29) is 30.3 Å². The predicted octanol–water partition coefficient (Wildman–Crippen LogP) is 1.21. The molecule has 1 aliphatic heterocycles. The van der Waals surface area contributed by atoms with Crippen LogP contribution in [0, 0.1) is 17.2 Å². The van der Waals surface area contributed by atoms with Crippen LogP contribution in [0.5, 0.6) is 0 Å². The van der Waals surface area contributed by atoms with Crippen molar-refractivity contribution in [3.05, 3.63) is 18.6 Å². The van der Waals surface area contributed by atoms with Crippen LogP contribution in [0.1, 0.15) is 45.4 Å². The number of likely N-dealkylation sites (N-methyl/N-ethyl adjacent to an activating group) is 1. The first-order chi connectivity index (χ1) is 17.9. The van der Waals surface area contributed by atoms with Gasteiger partial charge in [0.05, 0.1) is 17.5 Å². The average molecular weight is 512 g/mol. The maximum atomic E-state index is 12.8. The molecule has 4 N–H and O–H groups in total. The summed E-state index contributed by atoms with van der Waals surface area (Å²) in [4.78, 5) is 49.6. The third-order valence-electron chi connectivity index (χ3n) is 6.82. The number of unbranched alkanes of at least 4 members (excludes halogenated alkanes) is 1. The van der Waals surface area contributed by atoms with Gasteiger partial charge in [0.25, 0.3) is 0 Å². The second kappa shape index (κ2) is 13.5. The van der Waals surface area contributed by atoms with Crippen molar-refractivity contribution in [2.24, 2.45) is 11.7 Å². The van der Waals surface area contributed by atoms with E-state index in [9.17, 15) is 14.4 Å². The Hall–Kier alpha value is -3.72. The number of hydrogen-bond donors (Lipinski definition) is 3. The Bertz CT molecular complexity index is 1130. The first kappa shape index (κ1) is 27.9. The number of rotatable bonds is 11. The number of nitrogens with one attached hydrogen (secondary N) is 2. The Kier molecular flexibility index (Phi) is 10.2. The molecule has 1 saturated heterocycles. The third-order valence-corrected chi connectivity index (χ3v) is 6.82. The van der Waals surface area contributed by atoms with Crippen LogP contribution in [0.3, 0.4) is 0 Å². The van der Waals surface area contributed by atoms with Crippen molar-refractivity contribution >= 4 is 34.7 Å². The van der Waals surface area contributed by atoms with Crippen molar-refractivity contribution in [2.75, 3.05) is 44.7 Å². The van der Waals surface area contributed by atoms with Crippen LogP contribution in [0.2, 0.25) is 0 Å². The topological polar surface area (TPSA) is 162 Å². The molecule has 0 aromatic carbocycles. The highest BCUT2D eigenvalue weighted by atomic mass is 16.2. The number of piperidine rings is 1. The van der Waals surface area contributed by atoms with Crippen molar-refractivity contribution in [2.45, 2.75) is 51.5 Å². The van der Waals surface area contributed by atoms with E-state index in [1.54, 1.807) is 11.1 Å². The number of nitriles is 1. The zero-order chi connectivity index (χ0) is 26.8. The highest BCUT2D eigenvalue weighted by molar-refractivity contribution is 5.95. The van der Waals surface area contributed by atoms with E-state index in [4.69, 9.17) is 11.0 Å². The fourth-order valence-corrected chi connectivity index (χ4v) is 4.61. The van der Waals surface area contributed by atoms with Crippen molar-refractivity contribution in [3.8, 4) is 6.07 Å². The van der Waals surface area contributed by atoms with E-state index in [2.05, 4.69) is 27.5 Å². The molecule has 3 heterocycles. The van der Waals surface area contributed by atoms with E-state index in [0.29, 0.717) is 62.9 Å². The number of fused-ring (bicyclic) bond motifs is 1. The first-order valence-electron chi connectivity index (χ1n) is 12.8. The largest absolute Gasteiger partial charge is 0.356 e. The standard InChI is InChI=1S/C25H37N9O3/c1-18-8-14-33(22(36)7-11-27)16-20(18)32(2)23-19-9-15-34(24(19)31-17-30-23)25(37)29-13-5-6-21(35)28-12-4-3-10-26/h9,15,17-18,20H,3-8,10,12-14,16,26H2,1-2H3,(H,28,35)(H,29,37)/t18-,20+/m1/s1. The van der Waals surface area contributed by atoms with Crippen LogP contribution in [0.15, 0.2) is 18.6 Å². The fourth-order valence-electron chi connectivity index (χ4n) is 4.61. The predicted molar refractivity (Wildman–Crippen MR) is 140 cm³/mol. The van der Waals surface area contributed by atoms with Gasteiger partial charge in [0, 0.05) is 45.8 Å². The van der Waals surface area contributed by atoms with Gasteiger partial charge < -0.3 is 26.2 Å². The molecule has 200 valence electrons. The second-order valence-corrected chi connectivity index (χ2v) is 9.42. The molecule has 3 amide bonds. The lowest BCUT2D eigenvalue weighted by molar-refractivity contribution is -0.131. The van der Waals surface area contributed by atoms with Gasteiger partial charge in [-0.1, -0.05) is 6.92 Å². The lowest BCUT2D eigenvalue weighted by Crippen LogP contribution is -2.52. The van der Waals surface area contributed by atoms with Crippen molar-refractivity contribution in [1.29, 1.82) is 5.26 Å². The van der Waals surface area contributed by atoms with Crippen LogP contribution in [0.4, 0.5) is 10.6 Å². The van der Waals surface area contributed by atoms with Crippen LogP contribution in [0.25, 0.3) is 11.0 Å². The van der Waals surface area contributed by atoms with Gasteiger partial charge >= 0.3 is 6.03 Å². The van der Waals surface area contributed by atoms with Gasteiger partial charge in [0.1, 0.15) is 18.6 Å². The molecule has 2 aromatic rings. The highest BCUT2D eigenvalue weighted by Crippen LogP contribution is 2.29. The van der Waals surface area contributed by atoms with E-state index in [0.717, 1.165) is 24.6 Å². The summed E-state index contributed by atoms with van der Waals surface area (Å²) in [5, 5.41) is 15.3. The van der Waals surface area contributed by atoms with Crippen LogP contribution in [-0.4, -0.2) is 83.1 Å². The Morgan fingerprint density at radius 1 is 1.22 bits per heavy atom. The number of amides is 3. The second-order valence-electron chi connectivity index (χ2n) is 9.42. The van der Waals surface area contributed by atoms with Crippen molar-refractivity contribution in [3.63, 3.8) is 0 Å². The Labute approximate surface area is 217 Å². The molecule has 12 heteroatoms. The molecule has 1 aliphatic rings. The normalized spacial score (nSPS) is 17.3. The Balaban J connectivity index is 1.61. The summed E-state index contributed by atoms with van der Waals surface area (Å²) in [6.07, 6.45) is 6.38. The van der Waals surface area contributed by atoms with Crippen LogP contribution >= 0.6 is 0 Å². The Morgan fingerprint density at radius 3 is 2.76 bits per heavy atom. The van der Waals surface area contributed by atoms with Crippen molar-refractivity contribution < 1.29 is 14.4 Å². The smallest absolute Gasteiger partial charge is 0.327 e. The molecule has 3 rings (SSSR count). The molecule has 0 saturated carbocycles. The first-order valence-corrected chi connectivity index (χ1v) is 12.8. The average Bonchev–Trinajstić information content (AvgIpc) is 3.33. The maximum absolute atomic E-state index is 12.8. The Morgan fingerprint density at radius 2 is 2.00 bits per heavy atom. The van der Waals surface area contributed by atoms with Gasteiger partial charge in [0.2, 0.25) is 11.8 Å². The summed E-state index contributed by atoms with van der Waals surface area (Å²) in [6.45, 7) is 4.87. The zero-order valence-electron chi connectivity index (χ0n) is 21.7. The molecule has 1 fully saturated rings. The van der Waals surface area contributed by atoms with Crippen LogP contribution in [-0.2, 0) is 9.59 Å². The van der Waals surface area contributed by atoms with E-state index >= 15 is 0 Å². The number of likely N-dealkylation sites (tertiary alicyclic amines) is 1. The number of aromatic nitrogens is 3. The lowest BCUT2D eigenvalue weighted by Gasteiger charge is -2.42. The summed E-state index contributed by atoms with van der Waals surface area (Å²) < 4.78 is 1.44. The quantitative estimate of drug-likeness (QED) is 0.379. The number of anilines is 1. The molecule has 0 spiro atoms. The minimum absolute atomic E-state index is 0.00752. The molecule has 2 atom stereocenters. The fraction of sp³-hybridized carbons (Fsp3) is 0.600. The summed E-state index contributed by atoms with van der Waals surface area (Å²) in [6, 6.07) is 3.42. The maximum Gasteiger partial charge on any atom is 0.327 e. The molecule has 0 aliphatic carbocycles. The number of carbonyl (C=O) groups is 3. The number of hydrogen-bond acceptors (Lipinski definition) is 8. The SMILES string of the molecule is C[C@@H]1CCN(C(=O)CC#N)C[C@@H]1N(C)c1ncnc2c1ccn2C(=O)NCCCC(=O)NCCCCN. The van der Waals surface area contributed by atoms with Crippen molar-refractivity contribution in [1.82, 2.24) is 30.1 Å². The third kappa shape index (κ3) is 7.16.